The molecule has 3 aromatic rings. The van der Waals surface area contributed by atoms with E-state index in [1.54, 1.807) is 12.4 Å². The van der Waals surface area contributed by atoms with Gasteiger partial charge in [-0.15, -0.1) is 0 Å². The van der Waals surface area contributed by atoms with Gasteiger partial charge in [0, 0.05) is 44.3 Å². The number of anilines is 2. The van der Waals surface area contributed by atoms with Gasteiger partial charge in [-0.2, -0.15) is 0 Å². The zero-order valence-electron chi connectivity index (χ0n) is 14.0. The Morgan fingerprint density at radius 1 is 0.962 bits per heavy atom. The van der Waals surface area contributed by atoms with Crippen molar-refractivity contribution in [3.05, 3.63) is 65.5 Å². The van der Waals surface area contributed by atoms with E-state index in [2.05, 4.69) is 32.0 Å². The largest absolute Gasteiger partial charge is 0.368 e. The smallest absolute Gasteiger partial charge is 0.354 e. The Labute approximate surface area is 149 Å². The van der Waals surface area contributed by atoms with E-state index in [1.807, 2.05) is 23.1 Å². The minimum atomic E-state index is -0.422. The lowest BCUT2D eigenvalue weighted by atomic mass is 10.2. The highest BCUT2D eigenvalue weighted by Gasteiger charge is 2.29. The van der Waals surface area contributed by atoms with Crippen molar-refractivity contribution >= 4 is 17.2 Å². The maximum absolute atomic E-state index is 11.7. The van der Waals surface area contributed by atoms with Gasteiger partial charge < -0.3 is 9.80 Å². The molecular weight excluding hydrogens is 334 g/mol. The number of hydrogen-bond donors (Lipinski definition) is 0. The number of imidazole rings is 1. The van der Waals surface area contributed by atoms with Crippen molar-refractivity contribution in [1.29, 1.82) is 0 Å². The topological polar surface area (TPSA) is 93.2 Å². The second-order valence-corrected chi connectivity index (χ2v) is 5.91. The highest BCUT2D eigenvalue weighted by Crippen LogP contribution is 2.31. The number of piperazine rings is 1. The standard InChI is InChI=1S/C17H17N7O2/c25-24(26)15-16(19-12-20-17(15)23-7-6-18-13-23)22-10-8-21(9-11-22)14-4-2-1-3-5-14/h1-7,12-13H,8-11H2. The average Bonchev–Trinajstić information content (AvgIpc) is 3.23. The minimum Gasteiger partial charge on any atom is -0.368 e. The Bertz CT molecular complexity index is 891. The predicted molar refractivity (Wildman–Crippen MR) is 96.7 cm³/mol. The molecule has 0 aliphatic carbocycles. The summed E-state index contributed by atoms with van der Waals surface area (Å²) in [7, 11) is 0. The van der Waals surface area contributed by atoms with E-state index in [9.17, 15) is 10.1 Å². The van der Waals surface area contributed by atoms with Crippen LogP contribution in [0.4, 0.5) is 17.2 Å². The van der Waals surface area contributed by atoms with Crippen molar-refractivity contribution in [2.45, 2.75) is 0 Å². The van der Waals surface area contributed by atoms with Crippen LogP contribution in [0.2, 0.25) is 0 Å². The van der Waals surface area contributed by atoms with Gasteiger partial charge in [0.05, 0.1) is 4.92 Å². The molecule has 0 amide bonds. The van der Waals surface area contributed by atoms with Crippen LogP contribution in [0.15, 0.2) is 55.4 Å². The van der Waals surface area contributed by atoms with E-state index >= 15 is 0 Å². The van der Waals surface area contributed by atoms with Crippen LogP contribution in [0.25, 0.3) is 5.82 Å². The van der Waals surface area contributed by atoms with E-state index in [0.717, 1.165) is 18.8 Å². The molecule has 132 valence electrons. The van der Waals surface area contributed by atoms with Crippen molar-refractivity contribution in [2.24, 2.45) is 0 Å². The molecule has 0 radical (unpaired) electrons. The molecule has 4 rings (SSSR count). The zero-order chi connectivity index (χ0) is 17.9. The Morgan fingerprint density at radius 2 is 1.65 bits per heavy atom. The number of para-hydroxylation sites is 1. The van der Waals surface area contributed by atoms with Gasteiger partial charge >= 0.3 is 5.69 Å². The summed E-state index contributed by atoms with van der Waals surface area (Å²) >= 11 is 0. The van der Waals surface area contributed by atoms with Crippen LogP contribution in [0.5, 0.6) is 0 Å². The van der Waals surface area contributed by atoms with Crippen LogP contribution >= 0.6 is 0 Å². The van der Waals surface area contributed by atoms with Gasteiger partial charge in [-0.3, -0.25) is 14.7 Å². The van der Waals surface area contributed by atoms with Crippen LogP contribution in [-0.4, -0.2) is 50.6 Å². The summed E-state index contributed by atoms with van der Waals surface area (Å²) in [6.45, 7) is 2.84. The van der Waals surface area contributed by atoms with Crippen molar-refractivity contribution in [2.75, 3.05) is 36.0 Å². The molecule has 9 nitrogen and oxygen atoms in total. The Kier molecular flexibility index (Phi) is 4.18. The molecule has 2 aromatic heterocycles. The van der Waals surface area contributed by atoms with Gasteiger partial charge in [0.15, 0.2) is 0 Å². The molecule has 26 heavy (non-hydrogen) atoms. The van der Waals surface area contributed by atoms with E-state index in [-0.39, 0.29) is 11.5 Å². The van der Waals surface area contributed by atoms with Crippen LogP contribution < -0.4 is 9.80 Å². The number of benzene rings is 1. The van der Waals surface area contributed by atoms with Crippen molar-refractivity contribution in [3.63, 3.8) is 0 Å². The van der Waals surface area contributed by atoms with Gasteiger partial charge in [0.25, 0.3) is 0 Å². The summed E-state index contributed by atoms with van der Waals surface area (Å²) in [5.41, 5.74) is 1.06. The fourth-order valence-electron chi connectivity index (χ4n) is 3.14. The normalized spacial score (nSPS) is 14.5. The molecule has 0 bridgehead atoms. The lowest BCUT2D eigenvalue weighted by molar-refractivity contribution is -0.384. The first kappa shape index (κ1) is 16.0. The molecule has 0 atom stereocenters. The summed E-state index contributed by atoms with van der Waals surface area (Å²) in [5, 5.41) is 11.7. The molecule has 0 N–H and O–H groups in total. The maximum atomic E-state index is 11.7. The quantitative estimate of drug-likeness (QED) is 0.523. The van der Waals surface area contributed by atoms with Gasteiger partial charge in [-0.05, 0) is 12.1 Å². The van der Waals surface area contributed by atoms with Crippen LogP contribution in [0, 0.1) is 10.1 Å². The number of hydrogen-bond acceptors (Lipinski definition) is 7. The van der Waals surface area contributed by atoms with Crippen LogP contribution in [0.3, 0.4) is 0 Å². The summed E-state index contributed by atoms with van der Waals surface area (Å²) < 4.78 is 1.53. The number of aromatic nitrogens is 4. The minimum absolute atomic E-state index is 0.0985. The number of rotatable bonds is 4. The second kappa shape index (κ2) is 6.79. The summed E-state index contributed by atoms with van der Waals surface area (Å²) in [4.78, 5) is 27.8. The molecule has 1 fully saturated rings. The van der Waals surface area contributed by atoms with E-state index < -0.39 is 4.92 Å². The van der Waals surface area contributed by atoms with Gasteiger partial charge in [-0.1, -0.05) is 18.2 Å². The van der Waals surface area contributed by atoms with Crippen LogP contribution in [0.1, 0.15) is 0 Å². The van der Waals surface area contributed by atoms with E-state index in [0.29, 0.717) is 18.9 Å². The highest BCUT2D eigenvalue weighted by atomic mass is 16.6. The lowest BCUT2D eigenvalue weighted by Gasteiger charge is -2.36. The second-order valence-electron chi connectivity index (χ2n) is 5.91. The molecule has 1 saturated heterocycles. The number of nitro groups is 1. The molecule has 0 saturated carbocycles. The molecule has 0 unspecified atom stereocenters. The Morgan fingerprint density at radius 3 is 2.31 bits per heavy atom. The third kappa shape index (κ3) is 2.94. The SMILES string of the molecule is O=[N+]([O-])c1c(N2CCN(c3ccccc3)CC2)ncnc1-n1ccnc1. The molecule has 9 heteroatoms. The fraction of sp³-hybridized carbons (Fsp3) is 0.235. The van der Waals surface area contributed by atoms with Gasteiger partial charge in [0.2, 0.25) is 11.6 Å². The van der Waals surface area contributed by atoms with Crippen molar-refractivity contribution in [3.8, 4) is 5.82 Å². The van der Waals surface area contributed by atoms with Gasteiger partial charge in [0.1, 0.15) is 12.7 Å². The molecule has 1 aliphatic heterocycles. The summed E-state index contributed by atoms with van der Waals surface area (Å²) in [5.74, 6) is 0.574. The summed E-state index contributed by atoms with van der Waals surface area (Å²) in [6, 6.07) is 10.1. The molecule has 0 spiro atoms. The zero-order valence-corrected chi connectivity index (χ0v) is 14.0. The Balaban J connectivity index is 1.61. The molecular formula is C17H17N7O2. The maximum Gasteiger partial charge on any atom is 0.354 e. The Hall–Kier alpha value is -3.49. The highest BCUT2D eigenvalue weighted by molar-refractivity contribution is 5.66. The van der Waals surface area contributed by atoms with Crippen LogP contribution in [-0.2, 0) is 0 Å². The molecule has 3 heterocycles. The molecule has 1 aromatic carbocycles. The van der Waals surface area contributed by atoms with Crippen molar-refractivity contribution < 1.29 is 4.92 Å². The average molecular weight is 351 g/mol. The summed E-state index contributed by atoms with van der Waals surface area (Å²) in [6.07, 6.45) is 6.05. The first-order valence-corrected chi connectivity index (χ1v) is 8.26. The number of nitrogens with zero attached hydrogens (tertiary/aromatic N) is 7. The third-order valence-corrected chi connectivity index (χ3v) is 4.42. The van der Waals surface area contributed by atoms with E-state index in [1.165, 1.54) is 17.2 Å². The monoisotopic (exact) mass is 351 g/mol. The van der Waals surface area contributed by atoms with Crippen molar-refractivity contribution in [1.82, 2.24) is 19.5 Å². The van der Waals surface area contributed by atoms with Gasteiger partial charge in [-0.25, -0.2) is 15.0 Å². The third-order valence-electron chi connectivity index (χ3n) is 4.42. The predicted octanol–water partition coefficient (Wildman–Crippen LogP) is 1.90. The fourth-order valence-corrected chi connectivity index (χ4v) is 3.14. The first-order valence-electron chi connectivity index (χ1n) is 8.26. The van der Waals surface area contributed by atoms with E-state index in [4.69, 9.17) is 0 Å². The lowest BCUT2D eigenvalue weighted by Crippen LogP contribution is -2.47. The molecule has 1 aliphatic rings. The first-order chi connectivity index (χ1) is 12.7.